The van der Waals surface area contributed by atoms with Crippen LogP contribution in [-0.2, 0) is 21.1 Å². The van der Waals surface area contributed by atoms with Crippen LogP contribution in [0.3, 0.4) is 0 Å². The molecule has 1 N–H and O–H groups in total. The van der Waals surface area contributed by atoms with Gasteiger partial charge in [0.1, 0.15) is 11.9 Å². The third kappa shape index (κ3) is 3.61. The van der Waals surface area contributed by atoms with Gasteiger partial charge < -0.3 is 9.88 Å². The Morgan fingerprint density at radius 1 is 0.935 bits per heavy atom. The number of carbonyl (C=O) groups excluding carboxylic acids is 1. The van der Waals surface area contributed by atoms with Gasteiger partial charge in [0.2, 0.25) is 0 Å². The van der Waals surface area contributed by atoms with Crippen LogP contribution in [-0.4, -0.2) is 29.4 Å². The molecule has 0 spiro atoms. The van der Waals surface area contributed by atoms with Crippen molar-refractivity contribution in [2.24, 2.45) is 21.1 Å². The maximum absolute atomic E-state index is 13.0. The first kappa shape index (κ1) is 20.1. The minimum absolute atomic E-state index is 0.280. The predicted octanol–water partition coefficient (Wildman–Crippen LogP) is 1.13. The number of rotatable bonds is 5. The number of amides is 1. The van der Waals surface area contributed by atoms with Crippen LogP contribution in [0, 0.1) is 0 Å². The standard InChI is InChI=1S/C22H22N6O3/c1-25-14-13-23-19(25)18(15-7-5-4-6-8-15)24-20(29)16-9-11-17(12-10-16)28-22(31)26(2)21(30)27(28)3/h4-14,18H,1-3H3,(H,24,29). The first-order valence-electron chi connectivity index (χ1n) is 9.67. The monoisotopic (exact) mass is 418 g/mol. The smallest absolute Gasteiger partial charge is 0.338 e. The molecule has 0 aliphatic heterocycles. The Labute approximate surface area is 177 Å². The number of hydrogen-bond donors (Lipinski definition) is 1. The van der Waals surface area contributed by atoms with Crippen molar-refractivity contribution in [3.63, 3.8) is 0 Å². The topological polar surface area (TPSA) is 95.8 Å². The lowest BCUT2D eigenvalue weighted by molar-refractivity contribution is 0.0941. The van der Waals surface area contributed by atoms with Gasteiger partial charge in [0.25, 0.3) is 5.91 Å². The van der Waals surface area contributed by atoms with E-state index in [0.29, 0.717) is 17.1 Å². The summed E-state index contributed by atoms with van der Waals surface area (Å²) in [6.07, 6.45) is 3.52. The molecule has 2 aromatic carbocycles. The average Bonchev–Trinajstić information content (AvgIpc) is 3.29. The highest BCUT2D eigenvalue weighted by atomic mass is 16.2. The molecule has 31 heavy (non-hydrogen) atoms. The van der Waals surface area contributed by atoms with E-state index in [1.54, 1.807) is 30.5 Å². The summed E-state index contributed by atoms with van der Waals surface area (Å²) in [6.45, 7) is 0. The van der Waals surface area contributed by atoms with Crippen molar-refractivity contribution in [3.8, 4) is 5.69 Å². The van der Waals surface area contributed by atoms with Crippen LogP contribution in [0.1, 0.15) is 27.8 Å². The molecule has 1 atom stereocenters. The maximum atomic E-state index is 13.0. The van der Waals surface area contributed by atoms with E-state index in [9.17, 15) is 14.4 Å². The van der Waals surface area contributed by atoms with Crippen molar-refractivity contribution < 1.29 is 4.79 Å². The number of aryl methyl sites for hydroxylation is 1. The van der Waals surface area contributed by atoms with E-state index in [-0.39, 0.29) is 5.91 Å². The molecule has 2 heterocycles. The maximum Gasteiger partial charge on any atom is 0.351 e. The van der Waals surface area contributed by atoms with E-state index in [0.717, 1.165) is 10.1 Å². The third-order valence-electron chi connectivity index (χ3n) is 5.23. The van der Waals surface area contributed by atoms with E-state index in [1.807, 2.05) is 48.1 Å². The van der Waals surface area contributed by atoms with Gasteiger partial charge in [0.15, 0.2) is 0 Å². The molecule has 0 fully saturated rings. The summed E-state index contributed by atoms with van der Waals surface area (Å²) >= 11 is 0. The van der Waals surface area contributed by atoms with Gasteiger partial charge in [0, 0.05) is 39.1 Å². The summed E-state index contributed by atoms with van der Waals surface area (Å²) in [5.74, 6) is 0.430. The summed E-state index contributed by atoms with van der Waals surface area (Å²) in [4.78, 5) is 41.7. The lowest BCUT2D eigenvalue weighted by atomic mass is 10.1. The van der Waals surface area contributed by atoms with E-state index in [1.165, 1.54) is 23.5 Å². The zero-order valence-electron chi connectivity index (χ0n) is 17.4. The van der Waals surface area contributed by atoms with Crippen LogP contribution in [0.4, 0.5) is 0 Å². The summed E-state index contributed by atoms with van der Waals surface area (Å²) < 4.78 is 5.37. The first-order chi connectivity index (χ1) is 14.9. The van der Waals surface area contributed by atoms with Crippen LogP contribution in [0.15, 0.2) is 76.6 Å². The summed E-state index contributed by atoms with van der Waals surface area (Å²) in [5, 5.41) is 3.04. The zero-order valence-corrected chi connectivity index (χ0v) is 17.4. The number of carbonyl (C=O) groups is 1. The van der Waals surface area contributed by atoms with Gasteiger partial charge in [-0.05, 0) is 29.8 Å². The fourth-order valence-corrected chi connectivity index (χ4v) is 3.50. The molecule has 1 unspecified atom stereocenters. The van der Waals surface area contributed by atoms with Crippen LogP contribution in [0.5, 0.6) is 0 Å². The molecule has 0 aliphatic carbocycles. The number of nitrogens with zero attached hydrogens (tertiary/aromatic N) is 5. The molecule has 4 rings (SSSR count). The van der Waals surface area contributed by atoms with Crippen LogP contribution >= 0.6 is 0 Å². The number of aromatic nitrogens is 5. The highest BCUT2D eigenvalue weighted by molar-refractivity contribution is 5.94. The van der Waals surface area contributed by atoms with Gasteiger partial charge in [-0.15, -0.1) is 0 Å². The lowest BCUT2D eigenvalue weighted by Gasteiger charge is -2.19. The van der Waals surface area contributed by atoms with Crippen molar-refractivity contribution in [1.82, 2.24) is 28.8 Å². The fourth-order valence-electron chi connectivity index (χ4n) is 3.50. The molecule has 1 amide bonds. The van der Waals surface area contributed by atoms with Crippen molar-refractivity contribution in [2.75, 3.05) is 0 Å². The van der Waals surface area contributed by atoms with E-state index in [2.05, 4.69) is 10.3 Å². The van der Waals surface area contributed by atoms with Gasteiger partial charge in [-0.1, -0.05) is 30.3 Å². The van der Waals surface area contributed by atoms with Crippen molar-refractivity contribution in [1.29, 1.82) is 0 Å². The molecular weight excluding hydrogens is 396 g/mol. The molecule has 4 aromatic rings. The Bertz CT molecular complexity index is 1340. The molecule has 9 nitrogen and oxygen atoms in total. The number of nitrogens with one attached hydrogen (secondary N) is 1. The van der Waals surface area contributed by atoms with Gasteiger partial charge in [-0.2, -0.15) is 4.68 Å². The molecular formula is C22H22N6O3. The minimum Gasteiger partial charge on any atom is -0.338 e. The van der Waals surface area contributed by atoms with Crippen molar-refractivity contribution in [2.45, 2.75) is 6.04 Å². The highest BCUT2D eigenvalue weighted by Crippen LogP contribution is 2.21. The summed E-state index contributed by atoms with van der Waals surface area (Å²) in [7, 11) is 4.81. The van der Waals surface area contributed by atoms with Crippen molar-refractivity contribution in [3.05, 3.63) is 105 Å². The minimum atomic E-state index is -0.455. The molecule has 0 bridgehead atoms. The molecule has 0 radical (unpaired) electrons. The largest absolute Gasteiger partial charge is 0.351 e. The average molecular weight is 418 g/mol. The predicted molar refractivity (Wildman–Crippen MR) is 115 cm³/mol. The van der Waals surface area contributed by atoms with Gasteiger partial charge in [0.05, 0.1) is 5.69 Å². The molecule has 2 aromatic heterocycles. The van der Waals surface area contributed by atoms with E-state index >= 15 is 0 Å². The summed E-state index contributed by atoms with van der Waals surface area (Å²) in [5.41, 5.74) is 0.946. The SMILES string of the molecule is Cn1ccnc1C(NC(=O)c1ccc(-n2c(=O)n(C)c(=O)n2C)cc1)c1ccccc1. The molecule has 0 aliphatic rings. The Kier molecular flexibility index (Phi) is 5.16. The number of hydrogen-bond acceptors (Lipinski definition) is 4. The zero-order chi connectivity index (χ0) is 22.1. The van der Waals surface area contributed by atoms with Crippen molar-refractivity contribution >= 4 is 5.91 Å². The Balaban J connectivity index is 1.64. The van der Waals surface area contributed by atoms with Crippen LogP contribution in [0.2, 0.25) is 0 Å². The second-order valence-electron chi connectivity index (χ2n) is 7.22. The van der Waals surface area contributed by atoms with E-state index < -0.39 is 17.4 Å². The van der Waals surface area contributed by atoms with E-state index in [4.69, 9.17) is 0 Å². The van der Waals surface area contributed by atoms with Gasteiger partial charge in [-0.25, -0.2) is 23.8 Å². The second kappa shape index (κ2) is 7.94. The molecule has 9 heteroatoms. The number of imidazole rings is 1. The van der Waals surface area contributed by atoms with Gasteiger partial charge in [-0.3, -0.25) is 4.79 Å². The quantitative estimate of drug-likeness (QED) is 0.526. The Morgan fingerprint density at radius 2 is 1.61 bits per heavy atom. The fraction of sp³-hybridized carbons (Fsp3) is 0.182. The third-order valence-corrected chi connectivity index (χ3v) is 5.23. The Hall–Kier alpha value is -4.14. The normalized spacial score (nSPS) is 12.0. The number of benzene rings is 2. The Morgan fingerprint density at radius 3 is 2.16 bits per heavy atom. The molecule has 158 valence electrons. The highest BCUT2D eigenvalue weighted by Gasteiger charge is 2.21. The molecule has 0 saturated carbocycles. The first-order valence-corrected chi connectivity index (χ1v) is 9.67. The summed E-state index contributed by atoms with van der Waals surface area (Å²) in [6, 6.07) is 15.7. The van der Waals surface area contributed by atoms with Crippen LogP contribution < -0.4 is 16.7 Å². The van der Waals surface area contributed by atoms with Gasteiger partial charge >= 0.3 is 11.4 Å². The second-order valence-corrected chi connectivity index (χ2v) is 7.22. The van der Waals surface area contributed by atoms with Crippen LogP contribution in [0.25, 0.3) is 5.69 Å². The molecule has 0 saturated heterocycles. The lowest BCUT2D eigenvalue weighted by Crippen LogP contribution is -2.31.